The Labute approximate surface area is 191 Å². The second-order valence-electron chi connectivity index (χ2n) is 11.8. The van der Waals surface area contributed by atoms with E-state index in [1.165, 1.54) is 24.8 Å². The van der Waals surface area contributed by atoms with E-state index in [-0.39, 0.29) is 29.0 Å². The molecule has 6 rings (SSSR count). The third-order valence-corrected chi connectivity index (χ3v) is 9.70. The average Bonchev–Trinajstić information content (AvgIpc) is 3.47. The van der Waals surface area contributed by atoms with Crippen LogP contribution >= 0.6 is 0 Å². The summed E-state index contributed by atoms with van der Waals surface area (Å²) in [5.41, 5.74) is 0.915. The van der Waals surface area contributed by atoms with E-state index in [1.54, 1.807) is 0 Å². The molecule has 3 saturated heterocycles. The fraction of sp³-hybridized carbons (Fsp3) is 0.741. The lowest BCUT2D eigenvalue weighted by Crippen LogP contribution is -2.52. The van der Waals surface area contributed by atoms with Crippen LogP contribution in [0, 0.1) is 23.2 Å². The molecule has 6 atom stereocenters. The maximum atomic E-state index is 12.9. The first kappa shape index (κ1) is 21.1. The first-order chi connectivity index (χ1) is 15.4. The monoisotopic (exact) mass is 439 g/mol. The van der Waals surface area contributed by atoms with Crippen LogP contribution in [0.15, 0.2) is 30.3 Å². The van der Waals surface area contributed by atoms with E-state index in [0.29, 0.717) is 18.3 Å². The highest BCUT2D eigenvalue weighted by molar-refractivity contribution is 5.75. The SMILES string of the molecule is C[C@]12CCC[C@]3(CO3)[C@H]1C[C@@H]1[C@@H](C2)OC(=O)[C@@H]1CN1CCC(O)(Cc2ccccc2)CC1. The van der Waals surface area contributed by atoms with Crippen LogP contribution in [-0.2, 0) is 20.7 Å². The highest BCUT2D eigenvalue weighted by atomic mass is 16.6. The summed E-state index contributed by atoms with van der Waals surface area (Å²) in [4.78, 5) is 15.3. The van der Waals surface area contributed by atoms with Gasteiger partial charge in [-0.15, -0.1) is 0 Å². The minimum Gasteiger partial charge on any atom is -0.462 e. The molecule has 5 heteroatoms. The molecule has 3 aliphatic heterocycles. The van der Waals surface area contributed by atoms with Crippen molar-refractivity contribution in [2.45, 2.75) is 75.6 Å². The number of carbonyl (C=O) groups excluding carboxylic acids is 1. The van der Waals surface area contributed by atoms with Gasteiger partial charge >= 0.3 is 5.97 Å². The number of esters is 1. The van der Waals surface area contributed by atoms with Crippen LogP contribution in [-0.4, -0.2) is 59.5 Å². The maximum Gasteiger partial charge on any atom is 0.310 e. The number of hydrogen-bond acceptors (Lipinski definition) is 5. The van der Waals surface area contributed by atoms with Gasteiger partial charge in [0.2, 0.25) is 0 Å². The van der Waals surface area contributed by atoms with Gasteiger partial charge < -0.3 is 19.5 Å². The number of piperidine rings is 1. The van der Waals surface area contributed by atoms with Crippen LogP contribution in [0.2, 0.25) is 0 Å². The van der Waals surface area contributed by atoms with Crippen molar-refractivity contribution in [3.63, 3.8) is 0 Å². The normalized spacial score (nSPS) is 42.9. The number of epoxide rings is 1. The van der Waals surface area contributed by atoms with Gasteiger partial charge in [-0.25, -0.2) is 0 Å². The van der Waals surface area contributed by atoms with Crippen LogP contribution in [0.3, 0.4) is 0 Å². The van der Waals surface area contributed by atoms with E-state index < -0.39 is 5.60 Å². The maximum absolute atomic E-state index is 12.9. The Kier molecular flexibility index (Phi) is 4.98. The molecule has 32 heavy (non-hydrogen) atoms. The van der Waals surface area contributed by atoms with E-state index >= 15 is 0 Å². The molecule has 5 nitrogen and oxygen atoms in total. The van der Waals surface area contributed by atoms with E-state index in [0.717, 1.165) is 51.9 Å². The number of likely N-dealkylation sites (tertiary alicyclic amines) is 1. The van der Waals surface area contributed by atoms with Gasteiger partial charge in [-0.05, 0) is 61.8 Å². The van der Waals surface area contributed by atoms with Gasteiger partial charge in [0.15, 0.2) is 0 Å². The van der Waals surface area contributed by atoms with Crippen LogP contribution in [0.4, 0.5) is 0 Å². The molecule has 0 radical (unpaired) electrons. The molecular weight excluding hydrogens is 402 g/mol. The van der Waals surface area contributed by atoms with Crippen molar-refractivity contribution >= 4 is 5.97 Å². The summed E-state index contributed by atoms with van der Waals surface area (Å²) in [7, 11) is 0. The molecule has 2 saturated carbocycles. The van der Waals surface area contributed by atoms with Gasteiger partial charge in [0.25, 0.3) is 0 Å². The quantitative estimate of drug-likeness (QED) is 0.574. The minimum absolute atomic E-state index is 0.0122. The number of rotatable bonds is 4. The van der Waals surface area contributed by atoms with Crippen LogP contribution in [0.1, 0.15) is 57.4 Å². The molecule has 2 aliphatic carbocycles. The van der Waals surface area contributed by atoms with Crippen LogP contribution < -0.4 is 0 Å². The Morgan fingerprint density at radius 3 is 2.59 bits per heavy atom. The average molecular weight is 440 g/mol. The minimum atomic E-state index is -0.638. The molecule has 1 aromatic rings. The third-order valence-electron chi connectivity index (χ3n) is 9.70. The lowest BCUT2D eigenvalue weighted by atomic mass is 9.53. The zero-order valence-corrected chi connectivity index (χ0v) is 19.3. The first-order valence-corrected chi connectivity index (χ1v) is 12.7. The summed E-state index contributed by atoms with van der Waals surface area (Å²) < 4.78 is 12.0. The molecule has 174 valence electrons. The summed E-state index contributed by atoms with van der Waals surface area (Å²) in [5, 5.41) is 11.1. The molecule has 1 N–H and O–H groups in total. The fourth-order valence-corrected chi connectivity index (χ4v) is 7.75. The van der Waals surface area contributed by atoms with Crippen LogP contribution in [0.5, 0.6) is 0 Å². The second kappa shape index (κ2) is 7.54. The number of hydrogen-bond donors (Lipinski definition) is 1. The summed E-state index contributed by atoms with van der Waals surface area (Å²) in [6.45, 7) is 5.79. The highest BCUT2D eigenvalue weighted by Crippen LogP contribution is 2.62. The van der Waals surface area contributed by atoms with Crippen molar-refractivity contribution in [1.29, 1.82) is 0 Å². The number of benzene rings is 1. The molecular formula is C27H37NO4. The second-order valence-corrected chi connectivity index (χ2v) is 11.8. The molecule has 1 aromatic carbocycles. The molecule has 0 bridgehead atoms. The Morgan fingerprint density at radius 1 is 1.12 bits per heavy atom. The van der Waals surface area contributed by atoms with Crippen LogP contribution in [0.25, 0.3) is 0 Å². The molecule has 0 aromatic heterocycles. The predicted octanol–water partition coefficient (Wildman–Crippen LogP) is 3.58. The largest absolute Gasteiger partial charge is 0.462 e. The summed E-state index contributed by atoms with van der Waals surface area (Å²) in [6, 6.07) is 10.3. The number of aliphatic hydroxyl groups is 1. The number of carbonyl (C=O) groups is 1. The summed E-state index contributed by atoms with van der Waals surface area (Å²) in [6.07, 6.45) is 8.06. The Morgan fingerprint density at radius 2 is 1.88 bits per heavy atom. The molecule has 3 heterocycles. The van der Waals surface area contributed by atoms with E-state index in [9.17, 15) is 9.90 Å². The van der Waals surface area contributed by atoms with Crippen molar-refractivity contribution in [3.8, 4) is 0 Å². The zero-order chi connectivity index (χ0) is 22.0. The highest BCUT2D eigenvalue weighted by Gasteiger charge is 2.65. The van der Waals surface area contributed by atoms with Crippen molar-refractivity contribution in [2.24, 2.45) is 23.2 Å². The first-order valence-electron chi connectivity index (χ1n) is 12.7. The van der Waals surface area contributed by atoms with Gasteiger partial charge in [0.05, 0.1) is 23.7 Å². The van der Waals surface area contributed by atoms with E-state index in [1.807, 2.05) is 18.2 Å². The van der Waals surface area contributed by atoms with E-state index in [2.05, 4.69) is 24.0 Å². The number of ether oxygens (including phenoxy) is 2. The molecule has 0 amide bonds. The summed E-state index contributed by atoms with van der Waals surface area (Å²) in [5.74, 6) is 0.880. The lowest BCUT2D eigenvalue weighted by molar-refractivity contribution is -0.147. The zero-order valence-electron chi connectivity index (χ0n) is 19.3. The van der Waals surface area contributed by atoms with Gasteiger partial charge in [-0.3, -0.25) is 4.79 Å². The predicted molar refractivity (Wildman–Crippen MR) is 121 cm³/mol. The Balaban J connectivity index is 1.10. The Hall–Kier alpha value is -1.43. The standard InChI is InChI=1S/C27H37NO4/c1-25-8-5-9-27(18-31-27)23(25)14-20-21(24(29)32-22(20)16-25)17-28-12-10-26(30,11-13-28)15-19-6-3-2-4-7-19/h2-4,6-7,20-23,30H,5,8-18H2,1H3/t20-,21+,22+,23-,25+,27-/m0/s1. The molecule has 5 fully saturated rings. The molecule has 1 spiro atoms. The van der Waals surface area contributed by atoms with E-state index in [4.69, 9.17) is 9.47 Å². The smallest absolute Gasteiger partial charge is 0.310 e. The number of fused-ring (bicyclic) bond motifs is 3. The van der Waals surface area contributed by atoms with Gasteiger partial charge in [-0.1, -0.05) is 37.3 Å². The number of nitrogens with zero attached hydrogens (tertiary/aromatic N) is 1. The van der Waals surface area contributed by atoms with Gasteiger partial charge in [-0.2, -0.15) is 0 Å². The van der Waals surface area contributed by atoms with Crippen molar-refractivity contribution in [2.75, 3.05) is 26.2 Å². The topological polar surface area (TPSA) is 62.3 Å². The third kappa shape index (κ3) is 3.61. The fourth-order valence-electron chi connectivity index (χ4n) is 7.75. The van der Waals surface area contributed by atoms with Crippen molar-refractivity contribution in [1.82, 2.24) is 4.90 Å². The van der Waals surface area contributed by atoms with Crippen molar-refractivity contribution < 1.29 is 19.4 Å². The lowest BCUT2D eigenvalue weighted by Gasteiger charge is -2.51. The van der Waals surface area contributed by atoms with Crippen molar-refractivity contribution in [3.05, 3.63) is 35.9 Å². The summed E-state index contributed by atoms with van der Waals surface area (Å²) >= 11 is 0. The molecule has 0 unspecified atom stereocenters. The Bertz CT molecular complexity index is 860. The van der Waals surface area contributed by atoms with Gasteiger partial charge in [0, 0.05) is 32.0 Å². The van der Waals surface area contributed by atoms with Gasteiger partial charge in [0.1, 0.15) is 6.10 Å². The molecule has 5 aliphatic rings.